The van der Waals surface area contributed by atoms with E-state index >= 15 is 0 Å². The minimum absolute atomic E-state index is 0.0119. The fraction of sp³-hybridized carbons (Fsp3) is 0.905. The third kappa shape index (κ3) is 55.5. The van der Waals surface area contributed by atoms with Gasteiger partial charge in [-0.1, -0.05) is 289 Å². The summed E-state index contributed by atoms with van der Waals surface area (Å²) < 4.78 is 5.46. The zero-order chi connectivity index (χ0) is 50.0. The number of carbonyl (C=O) groups is 2. The second-order valence-corrected chi connectivity index (χ2v) is 21.4. The second-order valence-electron chi connectivity index (χ2n) is 21.4. The van der Waals surface area contributed by atoms with Crippen LogP contribution in [0.4, 0.5) is 0 Å². The lowest BCUT2D eigenvalue weighted by Gasteiger charge is -2.22. The third-order valence-corrected chi connectivity index (χ3v) is 14.5. The molecule has 0 heterocycles. The van der Waals surface area contributed by atoms with Crippen LogP contribution in [0.25, 0.3) is 0 Å². The standard InChI is InChI=1S/C63H121NO5/c1-3-5-7-9-11-13-15-17-19-20-21-22-24-28-31-35-39-43-47-51-55-61(66)60(59-65)64-62(67)56-52-48-44-40-36-32-29-25-23-26-30-34-38-42-46-50-54-58-69-63(68)57-53-49-45-41-37-33-27-18-16-14-12-10-8-6-4-2/h23,26,34,38,60-61,65-66H,3-22,24-25,27-33,35-37,39-59H2,1-2H3,(H,64,67)/b26-23-,38-34-. The van der Waals surface area contributed by atoms with Gasteiger partial charge in [-0.25, -0.2) is 0 Å². The van der Waals surface area contributed by atoms with Crippen molar-refractivity contribution < 1.29 is 24.5 Å². The lowest BCUT2D eigenvalue weighted by molar-refractivity contribution is -0.143. The minimum atomic E-state index is -0.675. The molecule has 0 spiro atoms. The highest BCUT2D eigenvalue weighted by Crippen LogP contribution is 2.18. The number of carbonyl (C=O) groups excluding carboxylic acids is 2. The molecular weight excluding hydrogens is 851 g/mol. The SMILES string of the molecule is CCCCCCCCCCCCCCCCCCCCCCC(O)C(CO)NC(=O)CCCCCCCCC/C=C\C/C=C\CCCCCOC(=O)CCCCCCCCCCCCCCCCC. The Hall–Kier alpha value is -1.66. The van der Waals surface area contributed by atoms with Crippen molar-refractivity contribution in [3.63, 3.8) is 0 Å². The number of amides is 1. The van der Waals surface area contributed by atoms with Crippen molar-refractivity contribution in [2.24, 2.45) is 0 Å². The van der Waals surface area contributed by atoms with Gasteiger partial charge in [-0.15, -0.1) is 0 Å². The van der Waals surface area contributed by atoms with E-state index in [1.165, 1.54) is 225 Å². The zero-order valence-electron chi connectivity index (χ0n) is 46.6. The first-order chi connectivity index (χ1) is 34.0. The van der Waals surface area contributed by atoms with E-state index in [-0.39, 0.29) is 18.5 Å². The molecule has 2 unspecified atom stereocenters. The molecule has 0 rings (SSSR count). The Morgan fingerprint density at radius 2 is 0.725 bits per heavy atom. The van der Waals surface area contributed by atoms with Crippen LogP contribution < -0.4 is 5.32 Å². The highest BCUT2D eigenvalue weighted by atomic mass is 16.5. The lowest BCUT2D eigenvalue weighted by Crippen LogP contribution is -2.45. The lowest BCUT2D eigenvalue weighted by atomic mass is 10.0. The summed E-state index contributed by atoms with van der Waals surface area (Å²) in [5.41, 5.74) is 0. The number of nitrogens with one attached hydrogen (secondary N) is 1. The molecule has 69 heavy (non-hydrogen) atoms. The van der Waals surface area contributed by atoms with E-state index in [9.17, 15) is 19.8 Å². The summed E-state index contributed by atoms with van der Waals surface area (Å²) in [5, 5.41) is 23.3. The van der Waals surface area contributed by atoms with Crippen molar-refractivity contribution in [3.8, 4) is 0 Å². The number of esters is 1. The van der Waals surface area contributed by atoms with E-state index in [4.69, 9.17) is 4.74 Å². The topological polar surface area (TPSA) is 95.9 Å². The van der Waals surface area contributed by atoms with Crippen LogP contribution in [-0.4, -0.2) is 47.4 Å². The fourth-order valence-electron chi connectivity index (χ4n) is 9.73. The molecule has 6 nitrogen and oxygen atoms in total. The monoisotopic (exact) mass is 972 g/mol. The van der Waals surface area contributed by atoms with Crippen molar-refractivity contribution in [2.45, 2.75) is 353 Å². The summed E-state index contributed by atoms with van der Waals surface area (Å²) in [6.07, 6.45) is 71.8. The molecule has 0 aromatic heterocycles. The summed E-state index contributed by atoms with van der Waals surface area (Å²) in [6.45, 7) is 4.94. The van der Waals surface area contributed by atoms with E-state index in [0.717, 1.165) is 83.5 Å². The van der Waals surface area contributed by atoms with Crippen LogP contribution in [0, 0.1) is 0 Å². The molecular formula is C63H121NO5. The molecule has 0 saturated carbocycles. The maximum atomic E-state index is 12.5. The van der Waals surface area contributed by atoms with Crippen LogP contribution in [-0.2, 0) is 14.3 Å². The van der Waals surface area contributed by atoms with E-state index in [2.05, 4.69) is 43.5 Å². The summed E-state index contributed by atoms with van der Waals surface area (Å²) in [5.74, 6) is -0.0598. The second kappa shape index (κ2) is 58.9. The molecule has 2 atom stereocenters. The number of rotatable bonds is 58. The predicted octanol–water partition coefficient (Wildman–Crippen LogP) is 19.4. The largest absolute Gasteiger partial charge is 0.466 e. The number of hydrogen-bond donors (Lipinski definition) is 3. The average molecular weight is 973 g/mol. The van der Waals surface area contributed by atoms with Crippen LogP contribution in [0.2, 0.25) is 0 Å². The highest BCUT2D eigenvalue weighted by Gasteiger charge is 2.20. The van der Waals surface area contributed by atoms with Crippen LogP contribution in [0.15, 0.2) is 24.3 Å². The number of hydrogen-bond acceptors (Lipinski definition) is 5. The van der Waals surface area contributed by atoms with Crippen molar-refractivity contribution >= 4 is 11.9 Å². The number of aliphatic hydroxyl groups excluding tert-OH is 2. The van der Waals surface area contributed by atoms with Gasteiger partial charge in [0.1, 0.15) is 0 Å². The predicted molar refractivity (Wildman–Crippen MR) is 301 cm³/mol. The average Bonchev–Trinajstić information content (AvgIpc) is 3.35. The maximum Gasteiger partial charge on any atom is 0.305 e. The fourth-order valence-corrected chi connectivity index (χ4v) is 9.73. The van der Waals surface area contributed by atoms with Gasteiger partial charge in [0.25, 0.3) is 0 Å². The van der Waals surface area contributed by atoms with Crippen molar-refractivity contribution in [1.29, 1.82) is 0 Å². The Balaban J connectivity index is 3.48. The molecule has 0 aromatic rings. The molecule has 1 amide bonds. The summed E-state index contributed by atoms with van der Waals surface area (Å²) in [7, 11) is 0. The first-order valence-electron chi connectivity index (χ1n) is 31.1. The Labute approximate surface area is 431 Å². The van der Waals surface area contributed by atoms with Crippen LogP contribution in [0.1, 0.15) is 341 Å². The van der Waals surface area contributed by atoms with Crippen LogP contribution >= 0.6 is 0 Å². The molecule has 0 aliphatic heterocycles. The summed E-state index contributed by atoms with van der Waals surface area (Å²) >= 11 is 0. The molecule has 408 valence electrons. The number of unbranched alkanes of at least 4 members (excludes halogenated alkanes) is 43. The Morgan fingerprint density at radius 3 is 1.10 bits per heavy atom. The van der Waals surface area contributed by atoms with Gasteiger partial charge >= 0.3 is 5.97 Å². The molecule has 0 bridgehead atoms. The molecule has 0 aromatic carbocycles. The van der Waals surface area contributed by atoms with E-state index in [1.807, 2.05) is 0 Å². The van der Waals surface area contributed by atoms with Crippen molar-refractivity contribution in [3.05, 3.63) is 24.3 Å². The van der Waals surface area contributed by atoms with Gasteiger partial charge in [-0.3, -0.25) is 9.59 Å². The molecule has 0 radical (unpaired) electrons. The molecule has 3 N–H and O–H groups in total. The third-order valence-electron chi connectivity index (χ3n) is 14.5. The van der Waals surface area contributed by atoms with Gasteiger partial charge in [0.15, 0.2) is 0 Å². The number of allylic oxidation sites excluding steroid dienone is 4. The first-order valence-corrected chi connectivity index (χ1v) is 31.1. The van der Waals surface area contributed by atoms with Gasteiger partial charge in [-0.2, -0.15) is 0 Å². The smallest absolute Gasteiger partial charge is 0.305 e. The molecule has 6 heteroatoms. The Bertz CT molecular complexity index is 1080. The highest BCUT2D eigenvalue weighted by molar-refractivity contribution is 5.76. The maximum absolute atomic E-state index is 12.5. The van der Waals surface area contributed by atoms with E-state index < -0.39 is 12.1 Å². The minimum Gasteiger partial charge on any atom is -0.466 e. The first kappa shape index (κ1) is 67.3. The van der Waals surface area contributed by atoms with Gasteiger partial charge in [-0.05, 0) is 64.2 Å². The van der Waals surface area contributed by atoms with Crippen LogP contribution in [0.5, 0.6) is 0 Å². The molecule has 0 saturated heterocycles. The van der Waals surface area contributed by atoms with Gasteiger partial charge in [0, 0.05) is 12.8 Å². The van der Waals surface area contributed by atoms with E-state index in [0.29, 0.717) is 25.9 Å². The molecule has 0 aliphatic carbocycles. The van der Waals surface area contributed by atoms with Gasteiger partial charge < -0.3 is 20.3 Å². The Kier molecular flexibility index (Phi) is 57.5. The molecule has 0 aliphatic rings. The Morgan fingerprint density at radius 1 is 0.406 bits per heavy atom. The zero-order valence-corrected chi connectivity index (χ0v) is 46.6. The number of aliphatic hydroxyl groups is 2. The van der Waals surface area contributed by atoms with Crippen LogP contribution in [0.3, 0.4) is 0 Å². The summed E-state index contributed by atoms with van der Waals surface area (Å²) in [6, 6.07) is -0.554. The number of ether oxygens (including phenoxy) is 1. The van der Waals surface area contributed by atoms with Crippen molar-refractivity contribution in [2.75, 3.05) is 13.2 Å². The normalized spacial score (nSPS) is 12.7. The molecule has 0 fully saturated rings. The quantitative estimate of drug-likeness (QED) is 0.0321. The van der Waals surface area contributed by atoms with Gasteiger partial charge in [0.05, 0.1) is 25.4 Å². The summed E-state index contributed by atoms with van der Waals surface area (Å²) in [4.78, 5) is 24.6. The van der Waals surface area contributed by atoms with E-state index in [1.54, 1.807) is 0 Å². The van der Waals surface area contributed by atoms with Crippen molar-refractivity contribution in [1.82, 2.24) is 5.32 Å². The van der Waals surface area contributed by atoms with Gasteiger partial charge in [0.2, 0.25) is 5.91 Å².